The van der Waals surface area contributed by atoms with Crippen molar-refractivity contribution < 1.29 is 12.8 Å². The van der Waals surface area contributed by atoms with Gasteiger partial charge in [0.25, 0.3) is 0 Å². The number of aliphatic carboxylic acids is 1. The van der Waals surface area contributed by atoms with E-state index in [1.54, 1.807) is 0 Å². The third kappa shape index (κ3) is 7.47. The van der Waals surface area contributed by atoms with E-state index in [9.17, 15) is 4.79 Å². The van der Waals surface area contributed by atoms with Crippen molar-refractivity contribution in [2.75, 3.05) is 23.0 Å². The molecule has 90 valence electrons. The van der Waals surface area contributed by atoms with E-state index in [-0.39, 0.29) is 25.9 Å². The van der Waals surface area contributed by atoms with Crippen LogP contribution in [0.4, 0.5) is 0 Å². The zero-order valence-electron chi connectivity index (χ0n) is 12.4. The molecule has 0 bridgehead atoms. The van der Waals surface area contributed by atoms with Gasteiger partial charge >= 0.3 is 29.0 Å². The zero-order valence-corrected chi connectivity index (χ0v) is 12.7. The standard InChI is InChI=1S/C11H24O2S.Mg.2H/c1-4-7-14(8-5-2,9-6-3)10-11(12)13;;;/h4-10H2,1-3H3,(H,12,13);;;/q;+2;2*-1. The van der Waals surface area contributed by atoms with Crippen LogP contribution in [0.1, 0.15) is 42.9 Å². The summed E-state index contributed by atoms with van der Waals surface area (Å²) in [6.07, 6.45) is 3.38. The van der Waals surface area contributed by atoms with Gasteiger partial charge in [-0.2, -0.15) is 0 Å². The van der Waals surface area contributed by atoms with Crippen LogP contribution in [0.2, 0.25) is 0 Å². The summed E-state index contributed by atoms with van der Waals surface area (Å²) in [7, 11) is -0.845. The molecule has 0 rings (SSSR count). The average molecular weight is 247 g/mol. The first-order chi connectivity index (χ1) is 6.60. The summed E-state index contributed by atoms with van der Waals surface area (Å²) in [4.78, 5) is 10.9. The van der Waals surface area contributed by atoms with Crippen LogP contribution < -0.4 is 0 Å². The summed E-state index contributed by atoms with van der Waals surface area (Å²) in [5, 5.41) is 8.95. The first kappa shape index (κ1) is 18.0. The van der Waals surface area contributed by atoms with E-state index >= 15 is 0 Å². The van der Waals surface area contributed by atoms with Gasteiger partial charge in [0.05, 0.1) is 5.75 Å². The van der Waals surface area contributed by atoms with Gasteiger partial charge in [0.2, 0.25) is 0 Å². The molecule has 0 aliphatic rings. The first-order valence-corrected chi connectivity index (χ1v) is 7.87. The van der Waals surface area contributed by atoms with Gasteiger partial charge in [-0.05, 0) is 36.5 Å². The SMILES string of the molecule is CCCS(CCC)(CCC)CC(=O)O.[H-].[H-].[Mg+2]. The van der Waals surface area contributed by atoms with Gasteiger partial charge in [-0.15, -0.1) is 0 Å². The van der Waals surface area contributed by atoms with Gasteiger partial charge in [0.15, 0.2) is 0 Å². The van der Waals surface area contributed by atoms with Crippen LogP contribution in [0.15, 0.2) is 0 Å². The number of carboxylic acid groups (broad SMARTS) is 1. The van der Waals surface area contributed by atoms with Crippen LogP contribution >= 0.6 is 10.0 Å². The molecule has 15 heavy (non-hydrogen) atoms. The zero-order chi connectivity index (χ0) is 11.0. The maximum absolute atomic E-state index is 10.9. The van der Waals surface area contributed by atoms with Gasteiger partial charge in [0, 0.05) is 0 Å². The van der Waals surface area contributed by atoms with Gasteiger partial charge in [0.1, 0.15) is 0 Å². The molecule has 0 fully saturated rings. The number of carboxylic acids is 1. The first-order valence-electron chi connectivity index (χ1n) is 5.56. The van der Waals surface area contributed by atoms with E-state index in [0.29, 0.717) is 5.75 Å². The van der Waals surface area contributed by atoms with Crippen molar-refractivity contribution in [3.63, 3.8) is 0 Å². The van der Waals surface area contributed by atoms with Gasteiger partial charge in [-0.1, -0.05) is 20.8 Å². The Morgan fingerprint density at radius 1 is 1.07 bits per heavy atom. The molecule has 2 nitrogen and oxygen atoms in total. The van der Waals surface area contributed by atoms with Gasteiger partial charge < -0.3 is 7.96 Å². The van der Waals surface area contributed by atoms with E-state index in [4.69, 9.17) is 5.11 Å². The van der Waals surface area contributed by atoms with E-state index in [0.717, 1.165) is 36.5 Å². The molecule has 0 amide bonds. The smallest absolute Gasteiger partial charge is 1.00 e. The van der Waals surface area contributed by atoms with Crippen LogP contribution in [0.3, 0.4) is 0 Å². The molecule has 0 aromatic rings. The molecule has 0 aromatic carbocycles. The number of carbonyl (C=O) groups is 1. The van der Waals surface area contributed by atoms with Gasteiger partial charge in [-0.25, -0.2) is 10.0 Å². The molecular formula is C11H26MgO2S. The fourth-order valence-corrected chi connectivity index (χ4v) is 6.25. The number of rotatable bonds is 8. The molecule has 0 atom stereocenters. The van der Waals surface area contributed by atoms with Gasteiger partial charge in [-0.3, -0.25) is 4.79 Å². The Morgan fingerprint density at radius 2 is 1.40 bits per heavy atom. The molecule has 0 heterocycles. The van der Waals surface area contributed by atoms with Crippen molar-refractivity contribution >= 4 is 39.1 Å². The summed E-state index contributed by atoms with van der Waals surface area (Å²) in [5.41, 5.74) is 0. The fraction of sp³-hybridized carbons (Fsp3) is 0.909. The Kier molecular flexibility index (Phi) is 11.7. The van der Waals surface area contributed by atoms with Crippen LogP contribution in [0.5, 0.6) is 0 Å². The molecule has 0 saturated heterocycles. The van der Waals surface area contributed by atoms with Crippen LogP contribution in [0, 0.1) is 0 Å². The van der Waals surface area contributed by atoms with Crippen LogP contribution in [-0.2, 0) is 4.79 Å². The van der Waals surface area contributed by atoms with Crippen molar-refractivity contribution in [3.05, 3.63) is 0 Å². The Bertz CT molecular complexity index is 166. The maximum Gasteiger partial charge on any atom is 2.00 e. The second-order valence-electron chi connectivity index (χ2n) is 3.88. The predicted molar refractivity (Wildman–Crippen MR) is 73.5 cm³/mol. The Morgan fingerprint density at radius 3 is 1.60 bits per heavy atom. The summed E-state index contributed by atoms with van der Waals surface area (Å²) in [6, 6.07) is 0. The van der Waals surface area contributed by atoms with E-state index < -0.39 is 16.0 Å². The minimum absolute atomic E-state index is 0. The Labute approximate surface area is 115 Å². The van der Waals surface area contributed by atoms with Crippen molar-refractivity contribution in [2.45, 2.75) is 40.0 Å². The quantitative estimate of drug-likeness (QED) is 0.669. The van der Waals surface area contributed by atoms with Crippen LogP contribution in [-0.4, -0.2) is 57.1 Å². The summed E-state index contributed by atoms with van der Waals surface area (Å²) in [5.74, 6) is 3.25. The predicted octanol–water partition coefficient (Wildman–Crippen LogP) is 2.95. The molecule has 0 spiro atoms. The molecule has 0 radical (unpaired) electrons. The van der Waals surface area contributed by atoms with E-state index in [2.05, 4.69) is 20.8 Å². The maximum atomic E-state index is 10.9. The topological polar surface area (TPSA) is 37.3 Å². The fourth-order valence-electron chi connectivity index (χ4n) is 2.08. The molecule has 4 heteroatoms. The second kappa shape index (κ2) is 9.79. The largest absolute Gasteiger partial charge is 2.00 e. The third-order valence-electron chi connectivity index (χ3n) is 2.34. The Hall–Kier alpha value is 0.586. The number of hydrogen-bond acceptors (Lipinski definition) is 1. The molecule has 0 unspecified atom stereocenters. The minimum atomic E-state index is -0.845. The summed E-state index contributed by atoms with van der Waals surface area (Å²) < 4.78 is 0. The molecule has 1 N–H and O–H groups in total. The molecule has 0 aliphatic carbocycles. The average Bonchev–Trinajstić information content (AvgIpc) is 2.03. The summed E-state index contributed by atoms with van der Waals surface area (Å²) >= 11 is 0. The molecule has 0 aromatic heterocycles. The molecular weight excluding hydrogens is 220 g/mol. The van der Waals surface area contributed by atoms with Crippen molar-refractivity contribution in [3.8, 4) is 0 Å². The summed E-state index contributed by atoms with van der Waals surface area (Å²) in [6.45, 7) is 6.48. The Balaban J connectivity index is -0.000000282. The molecule has 0 aliphatic heterocycles. The van der Waals surface area contributed by atoms with Crippen molar-refractivity contribution in [2.24, 2.45) is 0 Å². The number of hydrogen-bond donors (Lipinski definition) is 1. The van der Waals surface area contributed by atoms with Crippen molar-refractivity contribution in [1.82, 2.24) is 0 Å². The second-order valence-corrected chi connectivity index (χ2v) is 7.84. The normalized spacial score (nSPS) is 11.9. The van der Waals surface area contributed by atoms with Crippen LogP contribution in [0.25, 0.3) is 0 Å². The molecule has 0 saturated carbocycles. The minimum Gasteiger partial charge on any atom is -1.00 e. The third-order valence-corrected chi connectivity index (χ3v) is 7.02. The monoisotopic (exact) mass is 246 g/mol. The van der Waals surface area contributed by atoms with Crippen molar-refractivity contribution in [1.29, 1.82) is 0 Å². The van der Waals surface area contributed by atoms with E-state index in [1.165, 1.54) is 0 Å². The van der Waals surface area contributed by atoms with E-state index in [1.807, 2.05) is 0 Å².